The molecule has 0 atom stereocenters. The third kappa shape index (κ3) is 4.86. The number of aromatic nitrogens is 3. The van der Waals surface area contributed by atoms with Crippen LogP contribution < -0.4 is 14.2 Å². The second kappa shape index (κ2) is 10.2. The quantitative estimate of drug-likeness (QED) is 0.227. The van der Waals surface area contributed by atoms with E-state index < -0.39 is 0 Å². The summed E-state index contributed by atoms with van der Waals surface area (Å²) in [6.07, 6.45) is 0. The number of pyridine rings is 1. The van der Waals surface area contributed by atoms with Crippen LogP contribution in [-0.2, 0) is 20.3 Å². The summed E-state index contributed by atoms with van der Waals surface area (Å²) in [6.45, 7) is 0.797. The Morgan fingerprint density at radius 2 is 1.46 bits per heavy atom. The highest BCUT2D eigenvalue weighted by Gasteiger charge is 2.21. The highest BCUT2D eigenvalue weighted by Crippen LogP contribution is 2.40. The first-order valence-corrected chi connectivity index (χ1v) is 12.0. The molecule has 176 valence electrons. The van der Waals surface area contributed by atoms with Crippen LogP contribution in [0.3, 0.4) is 0 Å². The smallest absolute Gasteiger partial charge is 0.226 e. The second-order valence-corrected chi connectivity index (χ2v) is 8.85. The van der Waals surface area contributed by atoms with Gasteiger partial charge in [-0.15, -0.1) is 0 Å². The first kappa shape index (κ1) is 22.9. The van der Waals surface area contributed by atoms with Gasteiger partial charge in [0.05, 0.1) is 17.1 Å². The van der Waals surface area contributed by atoms with Gasteiger partial charge in [0, 0.05) is 18.5 Å². The molecule has 0 aliphatic rings. The van der Waals surface area contributed by atoms with Gasteiger partial charge in [-0.3, -0.25) is 4.68 Å². The number of benzene rings is 3. The monoisotopic (exact) mass is 529 g/mol. The highest BCUT2D eigenvalue weighted by atomic mass is 79.9. The van der Waals surface area contributed by atoms with E-state index in [0.717, 1.165) is 43.5 Å². The third-order valence-corrected chi connectivity index (χ3v) is 6.28. The van der Waals surface area contributed by atoms with Crippen LogP contribution >= 0.6 is 15.9 Å². The minimum atomic E-state index is 0.378. The van der Waals surface area contributed by atoms with E-state index in [4.69, 9.17) is 24.3 Å². The summed E-state index contributed by atoms with van der Waals surface area (Å²) in [4.78, 5) is 4.72. The van der Waals surface area contributed by atoms with Crippen molar-refractivity contribution in [3.63, 3.8) is 0 Å². The second-order valence-electron chi connectivity index (χ2n) is 8.00. The molecule has 0 bridgehead atoms. The van der Waals surface area contributed by atoms with Crippen LogP contribution in [0.15, 0.2) is 89.4 Å². The van der Waals surface area contributed by atoms with Gasteiger partial charge in [0.15, 0.2) is 5.75 Å². The van der Waals surface area contributed by atoms with Gasteiger partial charge in [0.2, 0.25) is 11.8 Å². The van der Waals surface area contributed by atoms with Crippen molar-refractivity contribution in [1.82, 2.24) is 14.8 Å². The van der Waals surface area contributed by atoms with E-state index in [-0.39, 0.29) is 0 Å². The highest BCUT2D eigenvalue weighted by molar-refractivity contribution is 9.10. The summed E-state index contributed by atoms with van der Waals surface area (Å²) in [6, 6.07) is 27.8. The van der Waals surface area contributed by atoms with Gasteiger partial charge < -0.3 is 14.2 Å². The molecule has 0 fully saturated rings. The summed E-state index contributed by atoms with van der Waals surface area (Å²) in [5.41, 5.74) is 4.54. The minimum absolute atomic E-state index is 0.378. The normalized spacial score (nSPS) is 10.9. The van der Waals surface area contributed by atoms with Crippen molar-refractivity contribution in [3.05, 3.63) is 101 Å². The van der Waals surface area contributed by atoms with Gasteiger partial charge in [-0.1, -0.05) is 60.7 Å². The number of hydrogen-bond donors (Lipinski definition) is 0. The van der Waals surface area contributed by atoms with Crippen molar-refractivity contribution in [2.45, 2.75) is 13.2 Å². The average molecular weight is 530 g/mol. The molecule has 6 nitrogen and oxygen atoms in total. The molecule has 2 heterocycles. The Morgan fingerprint density at radius 1 is 0.800 bits per heavy atom. The molecule has 0 amide bonds. The number of rotatable bonds is 8. The fourth-order valence-electron chi connectivity index (χ4n) is 3.96. The van der Waals surface area contributed by atoms with Crippen LogP contribution in [0.5, 0.6) is 17.5 Å². The van der Waals surface area contributed by atoms with Crippen LogP contribution in [0, 0.1) is 0 Å². The van der Waals surface area contributed by atoms with E-state index in [9.17, 15) is 0 Å². The summed E-state index contributed by atoms with van der Waals surface area (Å²) < 4.78 is 20.5. The topological polar surface area (TPSA) is 58.4 Å². The largest absolute Gasteiger partial charge is 0.493 e. The Bertz CT molecular complexity index is 1450. The standard InChI is InChI=1S/C28H24BrN3O3/c1-32-26-21(13-15-23(29)27(26)33-2)25(31-32)22-14-16-24(34-17-19-9-5-3-6-10-19)30-28(22)35-18-20-11-7-4-8-12-20/h3-16H,17-18H2,1-2H3. The van der Waals surface area contributed by atoms with Crippen molar-refractivity contribution in [2.24, 2.45) is 7.05 Å². The summed E-state index contributed by atoms with van der Waals surface area (Å²) in [7, 11) is 3.55. The molecule has 2 aromatic heterocycles. The van der Waals surface area contributed by atoms with Crippen LogP contribution in [0.1, 0.15) is 11.1 Å². The number of hydrogen-bond acceptors (Lipinski definition) is 5. The molecule has 0 aliphatic carbocycles. The van der Waals surface area contributed by atoms with Gasteiger partial charge in [-0.05, 0) is 45.3 Å². The lowest BCUT2D eigenvalue weighted by Gasteiger charge is -2.12. The van der Waals surface area contributed by atoms with E-state index in [1.165, 1.54) is 0 Å². The van der Waals surface area contributed by atoms with Gasteiger partial charge in [0.1, 0.15) is 24.4 Å². The number of halogens is 1. The van der Waals surface area contributed by atoms with Crippen LogP contribution in [-0.4, -0.2) is 21.9 Å². The minimum Gasteiger partial charge on any atom is -0.493 e. The molecule has 0 radical (unpaired) electrons. The number of fused-ring (bicyclic) bond motifs is 1. The molecule has 0 saturated heterocycles. The van der Waals surface area contributed by atoms with Crippen molar-refractivity contribution in [2.75, 3.05) is 7.11 Å². The molecular formula is C28H24BrN3O3. The SMILES string of the molecule is COc1c(Br)ccc2c(-c3ccc(OCc4ccccc4)nc3OCc3ccccc3)nn(C)c12. The van der Waals surface area contributed by atoms with Crippen molar-refractivity contribution in [3.8, 4) is 28.8 Å². The molecule has 5 rings (SSSR count). The van der Waals surface area contributed by atoms with Crippen molar-refractivity contribution >= 4 is 26.8 Å². The Labute approximate surface area is 212 Å². The molecule has 3 aromatic carbocycles. The average Bonchev–Trinajstić information content (AvgIpc) is 3.23. The maximum Gasteiger partial charge on any atom is 0.226 e. The maximum absolute atomic E-state index is 6.23. The van der Waals surface area contributed by atoms with E-state index in [2.05, 4.69) is 15.9 Å². The number of methoxy groups -OCH3 is 1. The Hall–Kier alpha value is -3.84. The molecule has 0 spiro atoms. The van der Waals surface area contributed by atoms with Crippen LogP contribution in [0.4, 0.5) is 0 Å². The molecule has 0 saturated carbocycles. The Kier molecular flexibility index (Phi) is 6.68. The van der Waals surface area contributed by atoms with Gasteiger partial charge in [0.25, 0.3) is 0 Å². The van der Waals surface area contributed by atoms with E-state index in [1.54, 1.807) is 7.11 Å². The fourth-order valence-corrected chi connectivity index (χ4v) is 4.44. The van der Waals surface area contributed by atoms with Crippen molar-refractivity contribution in [1.29, 1.82) is 0 Å². The predicted molar refractivity (Wildman–Crippen MR) is 140 cm³/mol. The molecule has 0 N–H and O–H groups in total. The zero-order chi connectivity index (χ0) is 24.2. The van der Waals surface area contributed by atoms with E-state index >= 15 is 0 Å². The Balaban J connectivity index is 1.54. The van der Waals surface area contributed by atoms with Crippen LogP contribution in [0.2, 0.25) is 0 Å². The van der Waals surface area contributed by atoms with E-state index in [0.29, 0.717) is 25.0 Å². The maximum atomic E-state index is 6.23. The zero-order valence-corrected chi connectivity index (χ0v) is 21.0. The first-order chi connectivity index (χ1) is 17.1. The lowest BCUT2D eigenvalue weighted by molar-refractivity contribution is 0.268. The predicted octanol–water partition coefficient (Wildman–Crippen LogP) is 6.56. The lowest BCUT2D eigenvalue weighted by atomic mass is 10.1. The molecule has 5 aromatic rings. The summed E-state index contributed by atoms with van der Waals surface area (Å²) in [5.74, 6) is 1.67. The number of ether oxygens (including phenoxy) is 3. The van der Waals surface area contributed by atoms with Crippen LogP contribution in [0.25, 0.3) is 22.2 Å². The lowest BCUT2D eigenvalue weighted by Crippen LogP contribution is -2.02. The van der Waals surface area contributed by atoms with Crippen molar-refractivity contribution < 1.29 is 14.2 Å². The van der Waals surface area contributed by atoms with Gasteiger partial charge in [-0.2, -0.15) is 10.1 Å². The fraction of sp³-hybridized carbons (Fsp3) is 0.143. The molecule has 35 heavy (non-hydrogen) atoms. The molecule has 0 unspecified atom stereocenters. The summed E-state index contributed by atoms with van der Waals surface area (Å²) in [5, 5.41) is 5.75. The van der Waals surface area contributed by atoms with E-state index in [1.807, 2.05) is 96.7 Å². The third-order valence-electron chi connectivity index (χ3n) is 5.65. The first-order valence-electron chi connectivity index (χ1n) is 11.2. The molecular weight excluding hydrogens is 506 g/mol. The summed E-state index contributed by atoms with van der Waals surface area (Å²) >= 11 is 3.57. The number of nitrogens with zero attached hydrogens (tertiary/aromatic N) is 3. The number of aryl methyl sites for hydroxylation is 1. The van der Waals surface area contributed by atoms with Gasteiger partial charge >= 0.3 is 0 Å². The molecule has 7 heteroatoms. The Morgan fingerprint density at radius 3 is 2.11 bits per heavy atom. The molecule has 0 aliphatic heterocycles. The van der Waals surface area contributed by atoms with Gasteiger partial charge in [-0.25, -0.2) is 0 Å². The zero-order valence-electron chi connectivity index (χ0n) is 19.4.